The molecule has 0 aliphatic rings. The van der Waals surface area contributed by atoms with E-state index in [0.29, 0.717) is 48.7 Å². The van der Waals surface area contributed by atoms with Crippen LogP contribution in [0.1, 0.15) is 41.0 Å². The summed E-state index contributed by atoms with van der Waals surface area (Å²) in [5.74, 6) is -0.0628. The van der Waals surface area contributed by atoms with Gasteiger partial charge in [-0.3, -0.25) is 14.4 Å². The van der Waals surface area contributed by atoms with Gasteiger partial charge in [-0.1, -0.05) is 19.1 Å². The molecule has 0 heterocycles. The summed E-state index contributed by atoms with van der Waals surface area (Å²) in [6.45, 7) is 4.82. The Hall–Kier alpha value is -3.35. The number of rotatable bonds is 9. The van der Waals surface area contributed by atoms with Gasteiger partial charge >= 0.3 is 0 Å². The summed E-state index contributed by atoms with van der Waals surface area (Å²) in [5.41, 5.74) is 1.48. The molecule has 0 bridgehead atoms. The zero-order valence-corrected chi connectivity index (χ0v) is 16.1. The highest BCUT2D eigenvalue weighted by Crippen LogP contribution is 2.20. The van der Waals surface area contributed by atoms with Crippen LogP contribution in [0.3, 0.4) is 0 Å². The van der Waals surface area contributed by atoms with Gasteiger partial charge in [-0.15, -0.1) is 0 Å². The van der Waals surface area contributed by atoms with Crippen molar-refractivity contribution in [3.63, 3.8) is 0 Å². The maximum absolute atomic E-state index is 12.5. The van der Waals surface area contributed by atoms with E-state index in [2.05, 4.69) is 16.0 Å². The highest BCUT2D eigenvalue weighted by Gasteiger charge is 2.12. The third kappa shape index (κ3) is 6.12. The molecule has 0 atom stereocenters. The number of amides is 3. The molecule has 0 spiro atoms. The van der Waals surface area contributed by atoms with Crippen molar-refractivity contribution >= 4 is 23.4 Å². The third-order valence-electron chi connectivity index (χ3n) is 3.89. The largest absolute Gasteiger partial charge is 0.493 e. The van der Waals surface area contributed by atoms with E-state index in [1.54, 1.807) is 49.4 Å². The molecular formula is C21H25N3O4. The predicted molar refractivity (Wildman–Crippen MR) is 108 cm³/mol. The van der Waals surface area contributed by atoms with Gasteiger partial charge in [0.15, 0.2) is 0 Å². The predicted octanol–water partition coefficient (Wildman–Crippen LogP) is 2.59. The normalized spacial score (nSPS) is 10.1. The van der Waals surface area contributed by atoms with Crippen molar-refractivity contribution in [1.82, 2.24) is 10.6 Å². The monoisotopic (exact) mass is 383 g/mol. The Bertz CT molecular complexity index is 819. The highest BCUT2D eigenvalue weighted by atomic mass is 16.5. The van der Waals surface area contributed by atoms with E-state index < -0.39 is 0 Å². The molecule has 0 radical (unpaired) electrons. The molecule has 2 aromatic rings. The Morgan fingerprint density at radius 3 is 2.21 bits per heavy atom. The average molecular weight is 383 g/mol. The first-order valence-electron chi connectivity index (χ1n) is 9.23. The van der Waals surface area contributed by atoms with E-state index >= 15 is 0 Å². The van der Waals surface area contributed by atoms with Crippen LogP contribution in [0, 0.1) is 0 Å². The summed E-state index contributed by atoms with van der Waals surface area (Å²) in [7, 11) is 0. The Kier molecular flexibility index (Phi) is 8.02. The quantitative estimate of drug-likeness (QED) is 0.580. The number of carbonyl (C=O) groups excluding carboxylic acids is 3. The summed E-state index contributed by atoms with van der Waals surface area (Å²) in [5, 5.41) is 8.21. The molecule has 2 aromatic carbocycles. The number of carbonyl (C=O) groups is 3. The lowest BCUT2D eigenvalue weighted by Crippen LogP contribution is -2.34. The van der Waals surface area contributed by atoms with Crippen molar-refractivity contribution in [2.75, 3.05) is 25.0 Å². The van der Waals surface area contributed by atoms with Crippen LogP contribution in [0.15, 0.2) is 48.5 Å². The first-order chi connectivity index (χ1) is 13.5. The van der Waals surface area contributed by atoms with Gasteiger partial charge in [0.2, 0.25) is 5.91 Å². The van der Waals surface area contributed by atoms with E-state index in [1.165, 1.54) is 0 Å². The van der Waals surface area contributed by atoms with Gasteiger partial charge in [0.05, 0.1) is 12.2 Å². The average Bonchev–Trinajstić information content (AvgIpc) is 2.72. The summed E-state index contributed by atoms with van der Waals surface area (Å²) >= 11 is 0. The highest BCUT2D eigenvalue weighted by molar-refractivity contribution is 6.06. The molecule has 2 rings (SSSR count). The second-order valence-corrected chi connectivity index (χ2v) is 5.92. The number of benzene rings is 2. The van der Waals surface area contributed by atoms with Gasteiger partial charge in [0.25, 0.3) is 11.8 Å². The molecule has 0 aliphatic carbocycles. The first-order valence-corrected chi connectivity index (χ1v) is 9.23. The summed E-state index contributed by atoms with van der Waals surface area (Å²) in [6, 6.07) is 13.6. The summed E-state index contributed by atoms with van der Waals surface area (Å²) in [4.78, 5) is 35.7. The van der Waals surface area contributed by atoms with Crippen molar-refractivity contribution in [3.05, 3.63) is 59.7 Å². The van der Waals surface area contributed by atoms with Gasteiger partial charge in [-0.2, -0.15) is 0 Å². The zero-order chi connectivity index (χ0) is 20.4. The molecule has 3 N–H and O–H groups in total. The Balaban J connectivity index is 1.91. The minimum absolute atomic E-state index is 0.0553. The molecule has 7 nitrogen and oxygen atoms in total. The lowest BCUT2D eigenvalue weighted by Gasteiger charge is -2.11. The maximum atomic E-state index is 12.5. The molecule has 148 valence electrons. The molecule has 28 heavy (non-hydrogen) atoms. The van der Waals surface area contributed by atoms with Gasteiger partial charge in [-0.25, -0.2) is 0 Å². The molecule has 0 aliphatic heterocycles. The van der Waals surface area contributed by atoms with Crippen LogP contribution in [0.25, 0.3) is 0 Å². The van der Waals surface area contributed by atoms with E-state index in [4.69, 9.17) is 4.74 Å². The van der Waals surface area contributed by atoms with Gasteiger partial charge in [0, 0.05) is 30.8 Å². The van der Waals surface area contributed by atoms with Crippen LogP contribution in [0.2, 0.25) is 0 Å². The van der Waals surface area contributed by atoms with Crippen LogP contribution < -0.4 is 20.7 Å². The number of ether oxygens (including phenoxy) is 1. The van der Waals surface area contributed by atoms with Crippen molar-refractivity contribution in [1.29, 1.82) is 0 Å². The minimum atomic E-state index is -0.284. The van der Waals surface area contributed by atoms with Crippen molar-refractivity contribution in [3.8, 4) is 5.75 Å². The Morgan fingerprint density at radius 1 is 0.857 bits per heavy atom. The number of nitrogens with one attached hydrogen (secondary N) is 3. The summed E-state index contributed by atoms with van der Waals surface area (Å²) in [6.07, 6.45) is 0.413. The van der Waals surface area contributed by atoms with Gasteiger partial charge in [-0.05, 0) is 43.3 Å². The Labute approximate surface area is 164 Å². The standard InChI is InChI=1S/C21H25N3O4/c1-3-19(25)22-13-14-23-20(26)15-9-11-16(12-10-15)24-21(27)17-7-5-6-8-18(17)28-4-2/h5-12H,3-4,13-14H2,1-2H3,(H,22,25)(H,23,26)(H,24,27). The van der Waals surface area contributed by atoms with Crippen LogP contribution in [0.5, 0.6) is 5.75 Å². The molecule has 7 heteroatoms. The Morgan fingerprint density at radius 2 is 1.54 bits per heavy atom. The van der Waals surface area contributed by atoms with Crippen LogP contribution >= 0.6 is 0 Å². The van der Waals surface area contributed by atoms with E-state index in [1.807, 2.05) is 13.0 Å². The molecular weight excluding hydrogens is 358 g/mol. The zero-order valence-electron chi connectivity index (χ0n) is 16.1. The van der Waals surface area contributed by atoms with Crippen molar-refractivity contribution in [2.24, 2.45) is 0 Å². The second-order valence-electron chi connectivity index (χ2n) is 5.92. The van der Waals surface area contributed by atoms with Crippen LogP contribution in [-0.4, -0.2) is 37.4 Å². The fourth-order valence-electron chi connectivity index (χ4n) is 2.44. The van der Waals surface area contributed by atoms with E-state index in [9.17, 15) is 14.4 Å². The molecule has 0 fully saturated rings. The SMILES string of the molecule is CCOc1ccccc1C(=O)Nc1ccc(C(=O)NCCNC(=O)CC)cc1. The molecule has 0 saturated carbocycles. The van der Waals surface area contributed by atoms with Crippen LogP contribution in [-0.2, 0) is 4.79 Å². The van der Waals surface area contributed by atoms with Crippen molar-refractivity contribution in [2.45, 2.75) is 20.3 Å². The van der Waals surface area contributed by atoms with Gasteiger partial charge < -0.3 is 20.7 Å². The third-order valence-corrected chi connectivity index (χ3v) is 3.89. The van der Waals surface area contributed by atoms with E-state index in [0.717, 1.165) is 0 Å². The second kappa shape index (κ2) is 10.7. The molecule has 0 saturated heterocycles. The molecule has 0 unspecified atom stereocenters. The van der Waals surface area contributed by atoms with E-state index in [-0.39, 0.29) is 17.7 Å². The number of anilines is 1. The number of hydrogen-bond acceptors (Lipinski definition) is 4. The van der Waals surface area contributed by atoms with Gasteiger partial charge in [0.1, 0.15) is 5.75 Å². The number of hydrogen-bond donors (Lipinski definition) is 3. The lowest BCUT2D eigenvalue weighted by molar-refractivity contribution is -0.120. The maximum Gasteiger partial charge on any atom is 0.259 e. The first kappa shape index (κ1) is 21.0. The molecule has 0 aromatic heterocycles. The van der Waals surface area contributed by atoms with Crippen molar-refractivity contribution < 1.29 is 19.1 Å². The molecule has 3 amide bonds. The summed E-state index contributed by atoms with van der Waals surface area (Å²) < 4.78 is 5.48. The topological polar surface area (TPSA) is 96.5 Å². The smallest absolute Gasteiger partial charge is 0.259 e. The number of para-hydroxylation sites is 1. The fourth-order valence-corrected chi connectivity index (χ4v) is 2.44. The fraction of sp³-hybridized carbons (Fsp3) is 0.286. The van der Waals surface area contributed by atoms with Crippen LogP contribution in [0.4, 0.5) is 5.69 Å². The lowest BCUT2D eigenvalue weighted by atomic mass is 10.1. The minimum Gasteiger partial charge on any atom is -0.493 e.